The van der Waals surface area contributed by atoms with E-state index in [1.54, 1.807) is 12.5 Å². The largest absolute Gasteiger partial charge is 0.357 e. The van der Waals surface area contributed by atoms with Crippen molar-refractivity contribution in [3.05, 3.63) is 36.5 Å². The highest BCUT2D eigenvalue weighted by Gasteiger charge is 2.50. The van der Waals surface area contributed by atoms with Crippen LogP contribution in [0.2, 0.25) is 0 Å². The second-order valence-corrected chi connectivity index (χ2v) is 7.78. The Kier molecular flexibility index (Phi) is 4.38. The van der Waals surface area contributed by atoms with Gasteiger partial charge in [-0.25, -0.2) is 9.97 Å². The Bertz CT molecular complexity index is 767. The molecular formula is C19H26N6O. The monoisotopic (exact) mass is 354 g/mol. The molecule has 0 bridgehead atoms. The maximum Gasteiger partial charge on any atom is 0.224 e. The van der Waals surface area contributed by atoms with Crippen LogP contribution in [-0.4, -0.2) is 56.7 Å². The van der Waals surface area contributed by atoms with Gasteiger partial charge in [0.05, 0.1) is 5.69 Å². The predicted octanol–water partition coefficient (Wildman–Crippen LogP) is 1.89. The van der Waals surface area contributed by atoms with Crippen LogP contribution in [0.1, 0.15) is 31.4 Å². The SMILES string of the molecule is Cc1ccn(CCC(=O)N2CCC3(CC(N(C)c4ccncn4)C3)C2)n1. The van der Waals surface area contributed by atoms with Crippen molar-refractivity contribution in [1.29, 1.82) is 0 Å². The number of rotatable bonds is 5. The highest BCUT2D eigenvalue weighted by molar-refractivity contribution is 5.76. The van der Waals surface area contributed by atoms with Crippen LogP contribution in [0.5, 0.6) is 0 Å². The Morgan fingerprint density at radius 3 is 2.92 bits per heavy atom. The summed E-state index contributed by atoms with van der Waals surface area (Å²) < 4.78 is 1.86. The number of hydrogen-bond donors (Lipinski definition) is 0. The zero-order valence-electron chi connectivity index (χ0n) is 15.5. The summed E-state index contributed by atoms with van der Waals surface area (Å²) in [5, 5.41) is 4.35. The van der Waals surface area contributed by atoms with Crippen molar-refractivity contribution in [2.24, 2.45) is 5.41 Å². The molecule has 4 rings (SSSR count). The quantitative estimate of drug-likeness (QED) is 0.820. The molecule has 0 N–H and O–H groups in total. The topological polar surface area (TPSA) is 67.2 Å². The summed E-state index contributed by atoms with van der Waals surface area (Å²) in [5.74, 6) is 1.22. The molecule has 2 fully saturated rings. The summed E-state index contributed by atoms with van der Waals surface area (Å²) in [5.41, 5.74) is 1.30. The second kappa shape index (κ2) is 6.70. The standard InChI is InChI=1S/C19H26N6O/c1-15-4-8-25(22-15)9-5-18(26)24-10-6-19(13-24)11-16(12-19)23(2)17-3-7-20-14-21-17/h3-4,7-8,14,16H,5-6,9-13H2,1-2H3. The van der Waals surface area contributed by atoms with Crippen molar-refractivity contribution in [1.82, 2.24) is 24.6 Å². The number of amides is 1. The first-order valence-corrected chi connectivity index (χ1v) is 9.31. The average molecular weight is 354 g/mol. The van der Waals surface area contributed by atoms with Gasteiger partial charge in [0.15, 0.2) is 0 Å². The molecule has 3 heterocycles. The number of aromatic nitrogens is 4. The molecule has 2 aromatic rings. The maximum atomic E-state index is 12.5. The van der Waals surface area contributed by atoms with E-state index >= 15 is 0 Å². The minimum absolute atomic E-state index is 0.252. The van der Waals surface area contributed by atoms with Gasteiger partial charge in [0, 0.05) is 51.5 Å². The number of carbonyl (C=O) groups excluding carboxylic acids is 1. The van der Waals surface area contributed by atoms with Gasteiger partial charge in [0.25, 0.3) is 0 Å². The molecule has 1 aliphatic heterocycles. The van der Waals surface area contributed by atoms with Gasteiger partial charge in [0.1, 0.15) is 12.1 Å². The summed E-state index contributed by atoms with van der Waals surface area (Å²) in [6, 6.07) is 4.43. The lowest BCUT2D eigenvalue weighted by Gasteiger charge is -2.49. The minimum Gasteiger partial charge on any atom is -0.357 e. The van der Waals surface area contributed by atoms with Crippen LogP contribution >= 0.6 is 0 Å². The Morgan fingerprint density at radius 1 is 1.38 bits per heavy atom. The number of anilines is 1. The maximum absolute atomic E-state index is 12.5. The summed E-state index contributed by atoms with van der Waals surface area (Å²) >= 11 is 0. The van der Waals surface area contributed by atoms with Gasteiger partial charge >= 0.3 is 0 Å². The lowest BCUT2D eigenvalue weighted by Crippen LogP contribution is -2.51. The molecule has 7 heteroatoms. The van der Waals surface area contributed by atoms with E-state index < -0.39 is 0 Å². The molecule has 1 saturated heterocycles. The van der Waals surface area contributed by atoms with E-state index in [1.807, 2.05) is 29.9 Å². The van der Waals surface area contributed by atoms with E-state index in [1.165, 1.54) is 0 Å². The van der Waals surface area contributed by atoms with E-state index in [2.05, 4.69) is 31.9 Å². The van der Waals surface area contributed by atoms with Gasteiger partial charge in [-0.1, -0.05) is 0 Å². The first-order valence-electron chi connectivity index (χ1n) is 9.31. The second-order valence-electron chi connectivity index (χ2n) is 7.78. The third-order valence-electron chi connectivity index (χ3n) is 5.93. The van der Waals surface area contributed by atoms with Crippen molar-refractivity contribution in [2.45, 2.75) is 45.2 Å². The fraction of sp³-hybridized carbons (Fsp3) is 0.579. The molecule has 0 aromatic carbocycles. The Hall–Kier alpha value is -2.44. The molecule has 1 spiro atoms. The Labute approximate surface area is 154 Å². The van der Waals surface area contributed by atoms with Gasteiger partial charge in [-0.15, -0.1) is 0 Å². The van der Waals surface area contributed by atoms with E-state index in [0.717, 1.165) is 43.9 Å². The van der Waals surface area contributed by atoms with Crippen LogP contribution < -0.4 is 4.90 Å². The van der Waals surface area contributed by atoms with E-state index in [4.69, 9.17) is 0 Å². The zero-order chi connectivity index (χ0) is 18.1. The lowest BCUT2D eigenvalue weighted by molar-refractivity contribution is -0.131. The highest BCUT2D eigenvalue weighted by atomic mass is 16.2. The Balaban J connectivity index is 1.27. The van der Waals surface area contributed by atoms with Crippen molar-refractivity contribution in [3.63, 3.8) is 0 Å². The number of likely N-dealkylation sites (tertiary alicyclic amines) is 1. The van der Waals surface area contributed by atoms with E-state index in [0.29, 0.717) is 24.4 Å². The van der Waals surface area contributed by atoms with Crippen molar-refractivity contribution >= 4 is 11.7 Å². The van der Waals surface area contributed by atoms with Crippen LogP contribution in [0.25, 0.3) is 0 Å². The molecule has 2 aromatic heterocycles. The van der Waals surface area contributed by atoms with Crippen molar-refractivity contribution < 1.29 is 4.79 Å². The first-order chi connectivity index (χ1) is 12.5. The van der Waals surface area contributed by atoms with Crippen LogP contribution in [0.15, 0.2) is 30.9 Å². The van der Waals surface area contributed by atoms with Crippen LogP contribution in [0.4, 0.5) is 5.82 Å². The molecule has 1 amide bonds. The molecule has 0 unspecified atom stereocenters. The zero-order valence-corrected chi connectivity index (χ0v) is 15.5. The van der Waals surface area contributed by atoms with Crippen molar-refractivity contribution in [3.8, 4) is 0 Å². The number of nitrogens with zero attached hydrogens (tertiary/aromatic N) is 6. The molecular weight excluding hydrogens is 328 g/mol. The van der Waals surface area contributed by atoms with Gasteiger partial charge in [-0.2, -0.15) is 5.10 Å². The fourth-order valence-corrected chi connectivity index (χ4v) is 4.33. The van der Waals surface area contributed by atoms with Gasteiger partial charge in [-0.3, -0.25) is 9.48 Å². The van der Waals surface area contributed by atoms with Gasteiger partial charge in [-0.05, 0) is 43.7 Å². The minimum atomic E-state index is 0.252. The van der Waals surface area contributed by atoms with Crippen LogP contribution in [0, 0.1) is 12.3 Å². The lowest BCUT2D eigenvalue weighted by atomic mass is 9.64. The summed E-state index contributed by atoms with van der Waals surface area (Å²) in [6.45, 7) is 4.42. The third kappa shape index (κ3) is 3.30. The molecule has 1 saturated carbocycles. The molecule has 2 aliphatic rings. The van der Waals surface area contributed by atoms with Crippen LogP contribution in [0.3, 0.4) is 0 Å². The molecule has 7 nitrogen and oxygen atoms in total. The van der Waals surface area contributed by atoms with Gasteiger partial charge in [0.2, 0.25) is 5.91 Å². The number of aryl methyl sites for hydroxylation is 2. The van der Waals surface area contributed by atoms with E-state index in [9.17, 15) is 4.79 Å². The summed E-state index contributed by atoms with van der Waals surface area (Å²) in [4.78, 5) is 25.2. The smallest absolute Gasteiger partial charge is 0.224 e. The highest BCUT2D eigenvalue weighted by Crippen LogP contribution is 2.50. The van der Waals surface area contributed by atoms with Crippen LogP contribution in [-0.2, 0) is 11.3 Å². The number of carbonyl (C=O) groups is 1. The van der Waals surface area contributed by atoms with Gasteiger partial charge < -0.3 is 9.80 Å². The van der Waals surface area contributed by atoms with Crippen molar-refractivity contribution in [2.75, 3.05) is 25.0 Å². The third-order valence-corrected chi connectivity index (χ3v) is 5.93. The summed E-state index contributed by atoms with van der Waals surface area (Å²) in [6.07, 6.45) is 9.23. The molecule has 26 heavy (non-hydrogen) atoms. The predicted molar refractivity (Wildman–Crippen MR) is 98.7 cm³/mol. The molecule has 0 radical (unpaired) electrons. The molecule has 0 atom stereocenters. The molecule has 1 aliphatic carbocycles. The first kappa shape index (κ1) is 17.0. The summed E-state index contributed by atoms with van der Waals surface area (Å²) in [7, 11) is 2.10. The molecule has 138 valence electrons. The normalized spacial score (nSPS) is 24.7. The number of hydrogen-bond acceptors (Lipinski definition) is 5. The average Bonchev–Trinajstić information content (AvgIpc) is 3.25. The van der Waals surface area contributed by atoms with E-state index in [-0.39, 0.29) is 5.91 Å². The Morgan fingerprint density at radius 2 is 2.23 bits per heavy atom. The fourth-order valence-electron chi connectivity index (χ4n) is 4.33.